The molecule has 132 valence electrons. The van der Waals surface area contributed by atoms with Gasteiger partial charge in [-0.25, -0.2) is 4.79 Å². The molecular weight excluding hydrogens is 322 g/mol. The van der Waals surface area contributed by atoms with Crippen LogP contribution in [0.4, 0.5) is 4.79 Å². The highest BCUT2D eigenvalue weighted by molar-refractivity contribution is 6.06. The molecule has 0 spiro atoms. The molecular formula is C18H21N3O4. The van der Waals surface area contributed by atoms with Gasteiger partial charge in [0.1, 0.15) is 11.3 Å². The van der Waals surface area contributed by atoms with E-state index in [1.807, 2.05) is 24.3 Å². The average Bonchev–Trinajstić information content (AvgIpc) is 3.10. The molecule has 1 atom stereocenters. The third kappa shape index (κ3) is 3.50. The number of imide groups is 1. The first-order valence-corrected chi connectivity index (χ1v) is 8.10. The zero-order valence-corrected chi connectivity index (χ0v) is 14.5. The molecule has 0 bridgehead atoms. The molecule has 1 aromatic carbocycles. The number of methoxy groups -OCH3 is 1. The van der Waals surface area contributed by atoms with Crippen LogP contribution in [0.2, 0.25) is 0 Å². The van der Waals surface area contributed by atoms with Crippen LogP contribution in [0.15, 0.2) is 34.9 Å². The number of aromatic nitrogens is 1. The predicted molar refractivity (Wildman–Crippen MR) is 90.0 cm³/mol. The van der Waals surface area contributed by atoms with E-state index in [0.717, 1.165) is 11.3 Å². The maximum Gasteiger partial charge on any atom is 0.325 e. The van der Waals surface area contributed by atoms with E-state index < -0.39 is 11.6 Å². The van der Waals surface area contributed by atoms with Crippen LogP contribution in [0.1, 0.15) is 30.4 Å². The second-order valence-corrected chi connectivity index (χ2v) is 6.44. The van der Waals surface area contributed by atoms with Gasteiger partial charge in [-0.3, -0.25) is 9.69 Å². The number of ether oxygens (including phenoxy) is 1. The van der Waals surface area contributed by atoms with E-state index >= 15 is 0 Å². The molecule has 0 radical (unpaired) electrons. The first-order chi connectivity index (χ1) is 11.9. The van der Waals surface area contributed by atoms with E-state index in [9.17, 15) is 9.59 Å². The third-order valence-electron chi connectivity index (χ3n) is 4.41. The Balaban J connectivity index is 1.66. The van der Waals surface area contributed by atoms with Crippen molar-refractivity contribution in [1.82, 2.24) is 15.4 Å². The van der Waals surface area contributed by atoms with Gasteiger partial charge in [-0.2, -0.15) is 0 Å². The quantitative estimate of drug-likeness (QED) is 0.814. The minimum Gasteiger partial charge on any atom is -0.497 e. The molecule has 3 amide bonds. The number of benzene rings is 1. The molecule has 1 aliphatic heterocycles. The number of urea groups is 1. The van der Waals surface area contributed by atoms with Crippen LogP contribution >= 0.6 is 0 Å². The van der Waals surface area contributed by atoms with Crippen molar-refractivity contribution in [3.05, 3.63) is 47.3 Å². The first kappa shape index (κ1) is 17.0. The summed E-state index contributed by atoms with van der Waals surface area (Å²) < 4.78 is 10.2. The molecule has 3 rings (SSSR count). The largest absolute Gasteiger partial charge is 0.497 e. The Morgan fingerprint density at radius 1 is 1.28 bits per heavy atom. The summed E-state index contributed by atoms with van der Waals surface area (Å²) >= 11 is 0. The number of aryl methyl sites for hydroxylation is 2. The molecule has 2 heterocycles. The van der Waals surface area contributed by atoms with Crippen LogP contribution in [0.25, 0.3) is 0 Å². The zero-order valence-electron chi connectivity index (χ0n) is 14.5. The summed E-state index contributed by atoms with van der Waals surface area (Å²) in [5.41, 5.74) is 0.865. The van der Waals surface area contributed by atoms with Crippen LogP contribution in [-0.2, 0) is 17.8 Å². The van der Waals surface area contributed by atoms with Crippen molar-refractivity contribution in [2.24, 2.45) is 0 Å². The monoisotopic (exact) mass is 343 g/mol. The molecule has 1 fully saturated rings. The lowest BCUT2D eigenvalue weighted by atomic mass is 9.93. The minimum absolute atomic E-state index is 0.0869. The number of rotatable bonds is 6. The molecule has 1 aromatic heterocycles. The van der Waals surface area contributed by atoms with Gasteiger partial charge in [0, 0.05) is 6.07 Å². The molecule has 25 heavy (non-hydrogen) atoms. The molecule has 1 N–H and O–H groups in total. The van der Waals surface area contributed by atoms with Crippen LogP contribution in [0.5, 0.6) is 5.75 Å². The van der Waals surface area contributed by atoms with Crippen molar-refractivity contribution in [2.45, 2.75) is 38.8 Å². The lowest BCUT2D eigenvalue weighted by molar-refractivity contribution is -0.131. The fourth-order valence-electron chi connectivity index (χ4n) is 2.89. The summed E-state index contributed by atoms with van der Waals surface area (Å²) in [6.07, 6.45) is 1.18. The van der Waals surface area contributed by atoms with Gasteiger partial charge in [0.05, 0.1) is 19.3 Å². The van der Waals surface area contributed by atoms with Gasteiger partial charge in [-0.05, 0) is 44.4 Å². The maximum absolute atomic E-state index is 12.7. The topological polar surface area (TPSA) is 84.7 Å². The van der Waals surface area contributed by atoms with Gasteiger partial charge < -0.3 is 14.6 Å². The lowest BCUT2D eigenvalue weighted by Gasteiger charge is -2.21. The second kappa shape index (κ2) is 6.58. The van der Waals surface area contributed by atoms with Crippen LogP contribution < -0.4 is 10.1 Å². The van der Waals surface area contributed by atoms with E-state index in [0.29, 0.717) is 24.3 Å². The highest BCUT2D eigenvalue weighted by Gasteiger charge is 2.47. The van der Waals surface area contributed by atoms with Gasteiger partial charge in [0.15, 0.2) is 5.76 Å². The van der Waals surface area contributed by atoms with Crippen molar-refractivity contribution in [3.63, 3.8) is 0 Å². The number of nitrogens with zero attached hydrogens (tertiary/aromatic N) is 2. The van der Waals surface area contributed by atoms with E-state index in [2.05, 4.69) is 10.5 Å². The number of nitrogens with one attached hydrogen (secondary N) is 1. The molecule has 2 aromatic rings. The van der Waals surface area contributed by atoms with Crippen molar-refractivity contribution >= 4 is 11.9 Å². The standard InChI is InChI=1S/C18H21N3O4/c1-12-10-15(25-20-12)11-21-16(22)18(2,19-17(21)23)9-8-13-4-6-14(24-3)7-5-13/h4-7,10H,8-9,11H2,1-3H3,(H,19,23)/t18-/m1/s1. The summed E-state index contributed by atoms with van der Waals surface area (Å²) in [5, 5.41) is 6.58. The van der Waals surface area contributed by atoms with Crippen molar-refractivity contribution in [1.29, 1.82) is 0 Å². The van der Waals surface area contributed by atoms with Gasteiger partial charge in [-0.1, -0.05) is 17.3 Å². The number of carbonyl (C=O) groups is 2. The normalized spacial score (nSPS) is 20.0. The van der Waals surface area contributed by atoms with E-state index in [1.54, 1.807) is 27.0 Å². The molecule has 1 saturated heterocycles. The Labute approximate surface area is 145 Å². The highest BCUT2D eigenvalue weighted by atomic mass is 16.5. The molecule has 0 aliphatic carbocycles. The van der Waals surface area contributed by atoms with Crippen molar-refractivity contribution in [3.8, 4) is 5.75 Å². The summed E-state index contributed by atoms with van der Waals surface area (Å²) in [6.45, 7) is 3.63. The number of carbonyl (C=O) groups excluding carboxylic acids is 2. The lowest BCUT2D eigenvalue weighted by Crippen LogP contribution is -2.44. The molecule has 1 aliphatic rings. The predicted octanol–water partition coefficient (Wildman–Crippen LogP) is 2.43. The van der Waals surface area contributed by atoms with Crippen molar-refractivity contribution < 1.29 is 18.8 Å². The minimum atomic E-state index is -0.925. The average molecular weight is 343 g/mol. The Bertz CT molecular complexity index is 784. The van der Waals surface area contributed by atoms with Gasteiger partial charge >= 0.3 is 6.03 Å². The Hall–Kier alpha value is -2.83. The summed E-state index contributed by atoms with van der Waals surface area (Å²) in [4.78, 5) is 26.1. The van der Waals surface area contributed by atoms with Gasteiger partial charge in [0.2, 0.25) is 0 Å². The third-order valence-corrected chi connectivity index (χ3v) is 4.41. The molecule has 0 saturated carbocycles. The van der Waals surface area contributed by atoms with Crippen molar-refractivity contribution in [2.75, 3.05) is 7.11 Å². The number of amides is 3. The van der Waals surface area contributed by atoms with Gasteiger partial charge in [-0.15, -0.1) is 0 Å². The maximum atomic E-state index is 12.7. The van der Waals surface area contributed by atoms with E-state index in [-0.39, 0.29) is 12.5 Å². The van der Waals surface area contributed by atoms with Crippen LogP contribution in [-0.4, -0.2) is 34.6 Å². The molecule has 7 heteroatoms. The Morgan fingerprint density at radius 2 is 2.00 bits per heavy atom. The van der Waals surface area contributed by atoms with Gasteiger partial charge in [0.25, 0.3) is 5.91 Å². The molecule has 7 nitrogen and oxygen atoms in total. The fourth-order valence-corrected chi connectivity index (χ4v) is 2.89. The van der Waals surface area contributed by atoms with Crippen LogP contribution in [0.3, 0.4) is 0 Å². The van der Waals surface area contributed by atoms with E-state index in [4.69, 9.17) is 9.26 Å². The van der Waals surface area contributed by atoms with Crippen LogP contribution in [0, 0.1) is 6.92 Å². The first-order valence-electron chi connectivity index (χ1n) is 8.10. The van der Waals surface area contributed by atoms with E-state index in [1.165, 1.54) is 4.90 Å². The Kier molecular flexibility index (Phi) is 4.48. The number of hydrogen-bond donors (Lipinski definition) is 1. The smallest absolute Gasteiger partial charge is 0.325 e. The summed E-state index contributed by atoms with van der Waals surface area (Å²) in [5.74, 6) is 1.02. The summed E-state index contributed by atoms with van der Waals surface area (Å²) in [7, 11) is 1.62. The second-order valence-electron chi connectivity index (χ2n) is 6.44. The Morgan fingerprint density at radius 3 is 2.60 bits per heavy atom. The fraction of sp³-hybridized carbons (Fsp3) is 0.389. The zero-order chi connectivity index (χ0) is 18.0. The number of hydrogen-bond acceptors (Lipinski definition) is 5. The SMILES string of the molecule is COc1ccc(CC[C@@]2(C)NC(=O)N(Cc3cc(C)no3)C2=O)cc1. The highest BCUT2D eigenvalue weighted by Crippen LogP contribution is 2.25. The summed E-state index contributed by atoms with van der Waals surface area (Å²) in [6, 6.07) is 8.98. The molecule has 0 unspecified atom stereocenters.